The minimum atomic E-state index is -0.300. The molecule has 0 spiro atoms. The van der Waals surface area contributed by atoms with E-state index in [0.717, 1.165) is 6.42 Å². The Morgan fingerprint density at radius 3 is 2.61 bits per heavy atom. The van der Waals surface area contributed by atoms with Crippen molar-refractivity contribution in [1.29, 1.82) is 0 Å². The van der Waals surface area contributed by atoms with Gasteiger partial charge >= 0.3 is 11.9 Å². The van der Waals surface area contributed by atoms with Crippen LogP contribution in [0.15, 0.2) is 12.7 Å². The summed E-state index contributed by atoms with van der Waals surface area (Å²) in [5.41, 5.74) is 0. The summed E-state index contributed by atoms with van der Waals surface area (Å²) in [5.74, 6) is 0.338. The highest BCUT2D eigenvalue weighted by Gasteiger charge is 2.52. The van der Waals surface area contributed by atoms with E-state index in [1.165, 1.54) is 6.92 Å². The third kappa shape index (κ3) is 3.86. The summed E-state index contributed by atoms with van der Waals surface area (Å²) < 4.78 is 10.1. The van der Waals surface area contributed by atoms with Crippen molar-refractivity contribution in [1.82, 2.24) is 0 Å². The molecular weight excluding hydrogens is 232 g/mol. The van der Waals surface area contributed by atoms with Crippen LogP contribution in [0.3, 0.4) is 0 Å². The number of hydrogen-bond donors (Lipinski definition) is 0. The second kappa shape index (κ2) is 6.57. The van der Waals surface area contributed by atoms with Gasteiger partial charge in [0, 0.05) is 6.92 Å². The van der Waals surface area contributed by atoms with E-state index in [1.54, 1.807) is 6.08 Å². The van der Waals surface area contributed by atoms with Gasteiger partial charge in [0.05, 0.1) is 12.5 Å². The lowest BCUT2D eigenvalue weighted by Gasteiger charge is -2.12. The monoisotopic (exact) mass is 254 g/mol. The standard InChI is InChI=1S/C14H22O4/c1-5-11(18-10(4)15)7-8-12-9(3)13(12)14(16)17-6-2/h5,9,11-13H,1,6-8H2,2-4H3. The minimum Gasteiger partial charge on any atom is -0.466 e. The first-order valence-electron chi connectivity index (χ1n) is 6.47. The molecule has 0 bridgehead atoms. The quantitative estimate of drug-likeness (QED) is 0.517. The number of hydrogen-bond acceptors (Lipinski definition) is 4. The normalized spacial score (nSPS) is 27.2. The molecule has 0 aromatic heterocycles. The van der Waals surface area contributed by atoms with E-state index in [0.29, 0.717) is 24.9 Å². The summed E-state index contributed by atoms with van der Waals surface area (Å²) in [6.45, 7) is 9.33. The van der Waals surface area contributed by atoms with Crippen LogP contribution in [0.25, 0.3) is 0 Å². The fourth-order valence-electron chi connectivity index (χ4n) is 2.41. The molecule has 0 aromatic carbocycles. The zero-order valence-corrected chi connectivity index (χ0v) is 11.3. The highest BCUT2D eigenvalue weighted by Crippen LogP contribution is 2.49. The van der Waals surface area contributed by atoms with Crippen LogP contribution in [-0.4, -0.2) is 24.6 Å². The van der Waals surface area contributed by atoms with Crippen LogP contribution in [-0.2, 0) is 19.1 Å². The summed E-state index contributed by atoms with van der Waals surface area (Å²) in [6.07, 6.45) is 2.95. The van der Waals surface area contributed by atoms with Gasteiger partial charge in [0.1, 0.15) is 6.10 Å². The first-order valence-corrected chi connectivity index (χ1v) is 6.47. The molecule has 4 atom stereocenters. The van der Waals surface area contributed by atoms with Crippen molar-refractivity contribution in [3.8, 4) is 0 Å². The van der Waals surface area contributed by atoms with Gasteiger partial charge < -0.3 is 9.47 Å². The molecule has 18 heavy (non-hydrogen) atoms. The molecule has 4 unspecified atom stereocenters. The summed E-state index contributed by atoms with van der Waals surface area (Å²) >= 11 is 0. The largest absolute Gasteiger partial charge is 0.466 e. The molecule has 0 heterocycles. The maximum atomic E-state index is 11.6. The highest BCUT2D eigenvalue weighted by atomic mass is 16.5. The Morgan fingerprint density at radius 1 is 1.44 bits per heavy atom. The molecule has 0 aliphatic heterocycles. The second-order valence-electron chi connectivity index (χ2n) is 4.76. The Balaban J connectivity index is 2.34. The summed E-state index contributed by atoms with van der Waals surface area (Å²) in [4.78, 5) is 22.4. The maximum Gasteiger partial charge on any atom is 0.309 e. The SMILES string of the molecule is C=CC(CCC1C(C)C1C(=O)OCC)OC(C)=O. The first-order chi connectivity index (χ1) is 8.51. The lowest BCUT2D eigenvalue weighted by atomic mass is 10.1. The summed E-state index contributed by atoms with van der Waals surface area (Å²) in [6, 6.07) is 0. The molecule has 1 aliphatic rings. The lowest BCUT2D eigenvalue weighted by molar-refractivity contribution is -0.146. The van der Waals surface area contributed by atoms with E-state index < -0.39 is 0 Å². The lowest BCUT2D eigenvalue weighted by Crippen LogP contribution is -2.14. The first kappa shape index (κ1) is 14.7. The van der Waals surface area contributed by atoms with E-state index >= 15 is 0 Å². The fourth-order valence-corrected chi connectivity index (χ4v) is 2.41. The maximum absolute atomic E-state index is 11.6. The third-order valence-electron chi connectivity index (χ3n) is 3.49. The van der Waals surface area contributed by atoms with Gasteiger partial charge in [0.15, 0.2) is 0 Å². The van der Waals surface area contributed by atoms with Gasteiger partial charge in [-0.3, -0.25) is 9.59 Å². The van der Waals surface area contributed by atoms with Crippen molar-refractivity contribution < 1.29 is 19.1 Å². The van der Waals surface area contributed by atoms with Gasteiger partial charge in [0.2, 0.25) is 0 Å². The molecule has 0 saturated heterocycles. The number of carbonyl (C=O) groups excluding carboxylic acids is 2. The van der Waals surface area contributed by atoms with Crippen LogP contribution in [0.2, 0.25) is 0 Å². The Hall–Kier alpha value is -1.32. The molecule has 4 nitrogen and oxygen atoms in total. The Labute approximate surface area is 108 Å². The average Bonchev–Trinajstić information content (AvgIpc) is 2.95. The molecule has 0 N–H and O–H groups in total. The van der Waals surface area contributed by atoms with Gasteiger partial charge in [-0.2, -0.15) is 0 Å². The number of esters is 2. The van der Waals surface area contributed by atoms with E-state index in [-0.39, 0.29) is 24.0 Å². The van der Waals surface area contributed by atoms with Crippen molar-refractivity contribution in [3.05, 3.63) is 12.7 Å². The fraction of sp³-hybridized carbons (Fsp3) is 0.714. The van der Waals surface area contributed by atoms with Crippen molar-refractivity contribution in [3.63, 3.8) is 0 Å². The van der Waals surface area contributed by atoms with Crippen LogP contribution in [0, 0.1) is 17.8 Å². The Bertz CT molecular complexity index is 324. The molecule has 1 fully saturated rings. The topological polar surface area (TPSA) is 52.6 Å². The smallest absolute Gasteiger partial charge is 0.309 e. The average molecular weight is 254 g/mol. The molecule has 4 heteroatoms. The predicted molar refractivity (Wildman–Crippen MR) is 67.8 cm³/mol. The number of ether oxygens (including phenoxy) is 2. The molecular formula is C14H22O4. The van der Waals surface area contributed by atoms with Gasteiger partial charge in [-0.1, -0.05) is 19.6 Å². The van der Waals surface area contributed by atoms with E-state index in [4.69, 9.17) is 9.47 Å². The molecule has 1 rings (SSSR count). The molecule has 102 valence electrons. The third-order valence-corrected chi connectivity index (χ3v) is 3.49. The van der Waals surface area contributed by atoms with Crippen LogP contribution < -0.4 is 0 Å². The van der Waals surface area contributed by atoms with E-state index in [9.17, 15) is 9.59 Å². The molecule has 1 saturated carbocycles. The van der Waals surface area contributed by atoms with Crippen LogP contribution in [0.4, 0.5) is 0 Å². The van der Waals surface area contributed by atoms with Gasteiger partial charge in [-0.15, -0.1) is 0 Å². The predicted octanol–water partition coefficient (Wildman–Crippen LogP) is 2.33. The van der Waals surface area contributed by atoms with Gasteiger partial charge in [-0.05, 0) is 31.6 Å². The summed E-state index contributed by atoms with van der Waals surface area (Å²) in [7, 11) is 0. The number of carbonyl (C=O) groups is 2. The van der Waals surface area contributed by atoms with Crippen molar-refractivity contribution >= 4 is 11.9 Å². The van der Waals surface area contributed by atoms with Crippen molar-refractivity contribution in [2.45, 2.75) is 39.7 Å². The second-order valence-corrected chi connectivity index (χ2v) is 4.76. The molecule has 0 aromatic rings. The van der Waals surface area contributed by atoms with Crippen molar-refractivity contribution in [2.75, 3.05) is 6.61 Å². The highest BCUT2D eigenvalue weighted by molar-refractivity contribution is 5.76. The van der Waals surface area contributed by atoms with Gasteiger partial charge in [0.25, 0.3) is 0 Å². The van der Waals surface area contributed by atoms with Crippen LogP contribution in [0.5, 0.6) is 0 Å². The zero-order valence-electron chi connectivity index (χ0n) is 11.3. The Kier molecular flexibility index (Phi) is 5.38. The van der Waals surface area contributed by atoms with Crippen LogP contribution in [0.1, 0.15) is 33.6 Å². The summed E-state index contributed by atoms with van der Waals surface area (Å²) in [5, 5.41) is 0. The molecule has 0 amide bonds. The Morgan fingerprint density at radius 2 is 2.11 bits per heavy atom. The zero-order chi connectivity index (χ0) is 13.7. The number of rotatable bonds is 7. The molecule has 1 aliphatic carbocycles. The molecule has 0 radical (unpaired) electrons. The van der Waals surface area contributed by atoms with Gasteiger partial charge in [-0.25, -0.2) is 0 Å². The van der Waals surface area contributed by atoms with E-state index in [2.05, 4.69) is 13.5 Å². The van der Waals surface area contributed by atoms with Crippen LogP contribution >= 0.6 is 0 Å². The van der Waals surface area contributed by atoms with E-state index in [1.807, 2.05) is 6.92 Å². The van der Waals surface area contributed by atoms with Crippen molar-refractivity contribution in [2.24, 2.45) is 17.8 Å². The minimum absolute atomic E-state index is 0.0211.